The zero-order chi connectivity index (χ0) is 20.7. The average molecular weight is 420 g/mol. The van der Waals surface area contributed by atoms with Gasteiger partial charge in [-0.15, -0.1) is 11.8 Å². The van der Waals surface area contributed by atoms with Crippen LogP contribution in [0.3, 0.4) is 0 Å². The van der Waals surface area contributed by atoms with Gasteiger partial charge in [0, 0.05) is 30.1 Å². The van der Waals surface area contributed by atoms with Gasteiger partial charge in [-0.3, -0.25) is 4.79 Å². The number of allylic oxidation sites excluding steroid dienone is 2. The summed E-state index contributed by atoms with van der Waals surface area (Å²) in [7, 11) is 1.82. The van der Waals surface area contributed by atoms with Crippen molar-refractivity contribution < 1.29 is 14.3 Å². The Morgan fingerprint density at radius 1 is 1.50 bits per heavy atom. The molecule has 1 amide bonds. The van der Waals surface area contributed by atoms with Gasteiger partial charge in [0.1, 0.15) is 0 Å². The van der Waals surface area contributed by atoms with Gasteiger partial charge in [-0.05, 0) is 31.5 Å². The van der Waals surface area contributed by atoms with Crippen LogP contribution >= 0.6 is 23.4 Å². The molecule has 1 unspecified atom stereocenters. The summed E-state index contributed by atoms with van der Waals surface area (Å²) in [5.74, 6) is -0.468. The second-order valence-corrected chi connectivity index (χ2v) is 7.54. The fraction of sp³-hybridized carbons (Fsp3) is 0.350. The van der Waals surface area contributed by atoms with Crippen LogP contribution in [0.25, 0.3) is 0 Å². The van der Waals surface area contributed by atoms with Crippen LogP contribution in [0.4, 0.5) is 0 Å². The fourth-order valence-corrected chi connectivity index (χ4v) is 4.31. The van der Waals surface area contributed by atoms with Gasteiger partial charge in [0.25, 0.3) is 0 Å². The fourth-order valence-electron chi connectivity index (χ4n) is 3.01. The van der Waals surface area contributed by atoms with Gasteiger partial charge in [0.2, 0.25) is 6.41 Å². The third-order valence-corrected chi connectivity index (χ3v) is 5.78. The molecule has 0 saturated carbocycles. The zero-order valence-electron chi connectivity index (χ0n) is 16.0. The number of rotatable bonds is 8. The Bertz CT molecular complexity index is 860. The zero-order valence-corrected chi connectivity index (χ0v) is 17.6. The van der Waals surface area contributed by atoms with Crippen LogP contribution in [-0.4, -0.2) is 43.2 Å². The van der Waals surface area contributed by atoms with Crippen molar-refractivity contribution in [2.75, 3.05) is 26.0 Å². The summed E-state index contributed by atoms with van der Waals surface area (Å²) in [4.78, 5) is 25.3. The van der Waals surface area contributed by atoms with Crippen molar-refractivity contribution in [2.45, 2.75) is 19.8 Å². The summed E-state index contributed by atoms with van der Waals surface area (Å²) in [6, 6.07) is 9.41. The Morgan fingerprint density at radius 3 is 2.86 bits per heavy atom. The maximum Gasteiger partial charge on any atom is 0.337 e. The molecule has 148 valence electrons. The lowest BCUT2D eigenvalue weighted by atomic mass is 9.82. The Labute approximate surface area is 174 Å². The minimum Gasteiger partial charge on any atom is -0.463 e. The number of thioether (sulfide) groups is 1. The number of ether oxygens (including phenoxy) is 1. The molecule has 1 aromatic carbocycles. The summed E-state index contributed by atoms with van der Waals surface area (Å²) in [5, 5.41) is 13.7. The van der Waals surface area contributed by atoms with Gasteiger partial charge in [0.15, 0.2) is 0 Å². The number of carbonyl (C=O) groups excluding carboxylic acids is 2. The van der Waals surface area contributed by atoms with Gasteiger partial charge in [-0.1, -0.05) is 23.7 Å². The first-order chi connectivity index (χ1) is 13.5. The molecule has 1 aliphatic rings. The van der Waals surface area contributed by atoms with E-state index in [2.05, 4.69) is 11.4 Å². The van der Waals surface area contributed by atoms with E-state index < -0.39 is 11.9 Å². The van der Waals surface area contributed by atoms with Gasteiger partial charge in [0.05, 0.1) is 34.8 Å². The number of nitriles is 1. The number of esters is 1. The SMILES string of the molecule is CCOC(=O)C1=C(SCCNC=O)N(C)C(C)=C(C#N)C1c1cccc(Cl)c1. The summed E-state index contributed by atoms with van der Waals surface area (Å²) in [5.41, 5.74) is 2.39. The third-order valence-electron chi connectivity index (χ3n) is 4.37. The van der Waals surface area contributed by atoms with E-state index in [4.69, 9.17) is 16.3 Å². The Balaban J connectivity index is 2.62. The highest BCUT2D eigenvalue weighted by Crippen LogP contribution is 2.45. The second-order valence-electron chi connectivity index (χ2n) is 6.02. The van der Waals surface area contributed by atoms with Crippen LogP contribution in [0.15, 0.2) is 46.1 Å². The molecule has 0 bridgehead atoms. The molecule has 0 aliphatic carbocycles. The van der Waals surface area contributed by atoms with Crippen LogP contribution in [0.1, 0.15) is 25.3 Å². The highest BCUT2D eigenvalue weighted by Gasteiger charge is 2.38. The van der Waals surface area contributed by atoms with Gasteiger partial charge >= 0.3 is 5.97 Å². The lowest BCUT2D eigenvalue weighted by Crippen LogP contribution is -2.30. The molecule has 1 N–H and O–H groups in total. The quantitative estimate of drug-likeness (QED) is 0.395. The summed E-state index contributed by atoms with van der Waals surface area (Å²) in [6.07, 6.45) is 0.638. The minimum atomic E-state index is -0.569. The van der Waals surface area contributed by atoms with Crippen molar-refractivity contribution in [3.8, 4) is 6.07 Å². The Morgan fingerprint density at radius 2 is 2.25 bits per heavy atom. The normalized spacial score (nSPS) is 16.7. The molecule has 8 heteroatoms. The molecule has 28 heavy (non-hydrogen) atoms. The Hall–Kier alpha value is -2.43. The second kappa shape index (κ2) is 10.2. The van der Waals surface area contributed by atoms with Crippen LogP contribution in [0.2, 0.25) is 5.02 Å². The van der Waals surface area contributed by atoms with Gasteiger partial charge < -0.3 is 15.0 Å². The van der Waals surface area contributed by atoms with E-state index in [1.165, 1.54) is 11.8 Å². The maximum atomic E-state index is 12.9. The van der Waals surface area contributed by atoms with Crippen molar-refractivity contribution in [1.82, 2.24) is 10.2 Å². The maximum absolute atomic E-state index is 12.9. The molecule has 1 aromatic rings. The van der Waals surface area contributed by atoms with E-state index >= 15 is 0 Å². The van der Waals surface area contributed by atoms with E-state index in [9.17, 15) is 14.9 Å². The number of amides is 1. The molecule has 1 atom stereocenters. The predicted octanol–water partition coefficient (Wildman–Crippen LogP) is 3.42. The molecule has 0 fully saturated rings. The van der Waals surface area contributed by atoms with Crippen molar-refractivity contribution >= 4 is 35.7 Å². The summed E-state index contributed by atoms with van der Waals surface area (Å²) in [6.45, 7) is 4.27. The molecule has 0 spiro atoms. The molecule has 0 saturated heterocycles. The smallest absolute Gasteiger partial charge is 0.337 e. The molecule has 6 nitrogen and oxygen atoms in total. The van der Waals surface area contributed by atoms with Crippen LogP contribution < -0.4 is 5.32 Å². The first-order valence-corrected chi connectivity index (χ1v) is 10.1. The van der Waals surface area contributed by atoms with E-state index in [1.54, 1.807) is 25.1 Å². The van der Waals surface area contributed by atoms with Gasteiger partial charge in [-0.25, -0.2) is 4.79 Å². The number of nitrogens with zero attached hydrogens (tertiary/aromatic N) is 2. The highest BCUT2D eigenvalue weighted by atomic mass is 35.5. The summed E-state index contributed by atoms with van der Waals surface area (Å²) < 4.78 is 5.32. The van der Waals surface area contributed by atoms with Gasteiger partial charge in [-0.2, -0.15) is 5.26 Å². The molecule has 2 rings (SSSR count). The largest absolute Gasteiger partial charge is 0.463 e. The lowest BCUT2D eigenvalue weighted by molar-refractivity contribution is -0.138. The molecular formula is C20H22ClN3O3S. The Kier molecular flexibility index (Phi) is 7.97. The van der Waals surface area contributed by atoms with Crippen LogP contribution in [-0.2, 0) is 14.3 Å². The number of benzene rings is 1. The predicted molar refractivity (Wildman–Crippen MR) is 110 cm³/mol. The molecule has 1 heterocycles. The highest BCUT2D eigenvalue weighted by molar-refractivity contribution is 8.03. The lowest BCUT2D eigenvalue weighted by Gasteiger charge is -2.35. The van der Waals surface area contributed by atoms with Crippen LogP contribution in [0.5, 0.6) is 0 Å². The number of carbonyl (C=O) groups is 2. The van der Waals surface area contributed by atoms with E-state index in [-0.39, 0.29) is 6.61 Å². The topological polar surface area (TPSA) is 82.4 Å². The standard InChI is InChI=1S/C20H22ClN3O3S/c1-4-27-20(26)18-17(14-6-5-7-15(21)10-14)16(11-22)13(2)24(3)19(18)28-9-8-23-12-25/h5-7,10,12,17H,4,8-9H2,1-3H3,(H,23,25). The van der Waals surface area contributed by atoms with Crippen molar-refractivity contribution in [2.24, 2.45) is 0 Å². The minimum absolute atomic E-state index is 0.226. The molecule has 0 radical (unpaired) electrons. The number of nitrogens with one attached hydrogen (secondary N) is 1. The monoisotopic (exact) mass is 419 g/mol. The van der Waals surface area contributed by atoms with E-state index in [0.29, 0.717) is 39.9 Å². The summed E-state index contributed by atoms with van der Waals surface area (Å²) >= 11 is 7.61. The first-order valence-electron chi connectivity index (χ1n) is 8.77. The molecule has 1 aliphatic heterocycles. The molecule has 0 aromatic heterocycles. The van der Waals surface area contributed by atoms with Crippen molar-refractivity contribution in [3.63, 3.8) is 0 Å². The van der Waals surface area contributed by atoms with Crippen LogP contribution in [0, 0.1) is 11.3 Å². The first kappa shape index (κ1) is 21.9. The number of hydrogen-bond donors (Lipinski definition) is 1. The number of hydrogen-bond acceptors (Lipinski definition) is 6. The number of halogens is 1. The van der Waals surface area contributed by atoms with Crippen molar-refractivity contribution in [1.29, 1.82) is 5.26 Å². The average Bonchev–Trinajstić information content (AvgIpc) is 2.68. The van der Waals surface area contributed by atoms with E-state index in [1.807, 2.05) is 24.9 Å². The third kappa shape index (κ3) is 4.70. The van der Waals surface area contributed by atoms with E-state index in [0.717, 1.165) is 11.3 Å². The van der Waals surface area contributed by atoms with Crippen molar-refractivity contribution in [3.05, 3.63) is 56.7 Å². The molecular weight excluding hydrogens is 398 g/mol.